The van der Waals surface area contributed by atoms with Gasteiger partial charge in [-0.05, 0) is 19.1 Å². The molecule has 1 unspecified atom stereocenters. The van der Waals surface area contributed by atoms with Crippen molar-refractivity contribution < 1.29 is 10.0 Å². The lowest BCUT2D eigenvalue weighted by molar-refractivity contribution is -0.385. The van der Waals surface area contributed by atoms with Gasteiger partial charge in [0.15, 0.2) is 0 Å². The van der Waals surface area contributed by atoms with Crippen molar-refractivity contribution in [2.24, 2.45) is 0 Å². The fourth-order valence-corrected chi connectivity index (χ4v) is 1.49. The van der Waals surface area contributed by atoms with Crippen molar-refractivity contribution >= 4 is 11.4 Å². The van der Waals surface area contributed by atoms with E-state index in [0.717, 1.165) is 0 Å². The third-order valence-electron chi connectivity index (χ3n) is 2.39. The Bertz CT molecular complexity index is 482. The molecule has 0 heterocycles. The van der Waals surface area contributed by atoms with E-state index >= 15 is 0 Å². The maximum absolute atomic E-state index is 10.8. The molecule has 1 aromatic carbocycles. The number of hydrogen-bond donors (Lipinski definition) is 3. The molecule has 0 amide bonds. The maximum Gasteiger partial charge on any atom is 0.289 e. The Balaban J connectivity index is 2.54. The van der Waals surface area contributed by atoms with Crippen LogP contribution in [0.25, 0.3) is 0 Å². The lowest BCUT2D eigenvalue weighted by Crippen LogP contribution is -2.28. The zero-order valence-corrected chi connectivity index (χ0v) is 10.6. The molecular weight excluding hydrogens is 248 g/mol. The Kier molecular flexibility index (Phi) is 5.73. The van der Waals surface area contributed by atoms with E-state index in [1.807, 2.05) is 0 Å². The summed E-state index contributed by atoms with van der Waals surface area (Å²) in [5, 5.41) is 34.6. The first kappa shape index (κ1) is 14.9. The predicted octanol–water partition coefficient (Wildman–Crippen LogP) is 0.849. The van der Waals surface area contributed by atoms with E-state index in [1.54, 1.807) is 19.1 Å². The van der Waals surface area contributed by atoms with E-state index in [0.29, 0.717) is 25.3 Å². The molecule has 0 saturated heterocycles. The number of nitrogens with zero attached hydrogens (tertiary/aromatic N) is 2. The highest BCUT2D eigenvalue weighted by Crippen LogP contribution is 2.22. The normalized spacial score (nSPS) is 11.6. The van der Waals surface area contributed by atoms with E-state index in [4.69, 9.17) is 10.4 Å². The van der Waals surface area contributed by atoms with Crippen molar-refractivity contribution in [3.63, 3.8) is 0 Å². The zero-order chi connectivity index (χ0) is 14.3. The quantitative estimate of drug-likeness (QED) is 0.382. The van der Waals surface area contributed by atoms with Gasteiger partial charge >= 0.3 is 0 Å². The van der Waals surface area contributed by atoms with Crippen LogP contribution in [0.4, 0.5) is 11.4 Å². The molecule has 3 N–H and O–H groups in total. The summed E-state index contributed by atoms with van der Waals surface area (Å²) >= 11 is 0. The number of hydrogen-bond acceptors (Lipinski definition) is 6. The fourth-order valence-electron chi connectivity index (χ4n) is 1.49. The van der Waals surface area contributed by atoms with Crippen LogP contribution >= 0.6 is 0 Å². The molecule has 1 atom stereocenters. The summed E-state index contributed by atoms with van der Waals surface area (Å²) in [4.78, 5) is 10.2. The predicted molar refractivity (Wildman–Crippen MR) is 70.9 cm³/mol. The van der Waals surface area contributed by atoms with E-state index in [2.05, 4.69) is 10.6 Å². The number of benzene rings is 1. The molecule has 7 heteroatoms. The van der Waals surface area contributed by atoms with E-state index in [-0.39, 0.29) is 11.3 Å². The lowest BCUT2D eigenvalue weighted by atomic mass is 10.2. The van der Waals surface area contributed by atoms with Crippen LogP contribution in [0.15, 0.2) is 18.2 Å². The van der Waals surface area contributed by atoms with Crippen molar-refractivity contribution in [1.29, 1.82) is 5.26 Å². The van der Waals surface area contributed by atoms with Crippen LogP contribution in [0.1, 0.15) is 12.5 Å². The lowest BCUT2D eigenvalue weighted by Gasteiger charge is -2.09. The molecule has 1 rings (SSSR count). The smallest absolute Gasteiger partial charge is 0.289 e. The molecule has 0 spiro atoms. The molecule has 19 heavy (non-hydrogen) atoms. The van der Waals surface area contributed by atoms with E-state index in [1.165, 1.54) is 12.1 Å². The summed E-state index contributed by atoms with van der Waals surface area (Å²) in [5.74, 6) is 0. The van der Waals surface area contributed by atoms with Gasteiger partial charge in [-0.1, -0.05) is 0 Å². The maximum atomic E-state index is 10.8. The van der Waals surface area contributed by atoms with Crippen LogP contribution in [0, 0.1) is 21.4 Å². The summed E-state index contributed by atoms with van der Waals surface area (Å²) in [5.41, 5.74) is 0.428. The molecule has 0 aliphatic heterocycles. The van der Waals surface area contributed by atoms with Crippen LogP contribution in [0.2, 0.25) is 0 Å². The SMILES string of the molecule is CC(O)CNCCNc1ccc(C#N)c([N+](=O)[O-])c1. The minimum absolute atomic E-state index is 0.0442. The summed E-state index contributed by atoms with van der Waals surface area (Å²) in [6.07, 6.45) is -0.406. The largest absolute Gasteiger partial charge is 0.392 e. The first-order valence-electron chi connectivity index (χ1n) is 5.85. The van der Waals surface area contributed by atoms with Gasteiger partial charge in [-0.2, -0.15) is 5.26 Å². The number of nitriles is 1. The van der Waals surface area contributed by atoms with Gasteiger partial charge in [-0.3, -0.25) is 10.1 Å². The van der Waals surface area contributed by atoms with Crippen molar-refractivity contribution in [2.75, 3.05) is 25.0 Å². The second kappa shape index (κ2) is 7.31. The molecule has 0 fully saturated rings. The number of aliphatic hydroxyl groups excluding tert-OH is 1. The van der Waals surface area contributed by atoms with E-state index in [9.17, 15) is 10.1 Å². The first-order chi connectivity index (χ1) is 9.04. The van der Waals surface area contributed by atoms with Gasteiger partial charge < -0.3 is 15.7 Å². The molecule has 0 radical (unpaired) electrons. The third kappa shape index (κ3) is 4.91. The van der Waals surface area contributed by atoms with Gasteiger partial charge in [0, 0.05) is 31.4 Å². The van der Waals surface area contributed by atoms with Gasteiger partial charge in [-0.15, -0.1) is 0 Å². The number of rotatable bonds is 7. The zero-order valence-electron chi connectivity index (χ0n) is 10.6. The average Bonchev–Trinajstić information content (AvgIpc) is 2.37. The third-order valence-corrected chi connectivity index (χ3v) is 2.39. The minimum Gasteiger partial charge on any atom is -0.392 e. The molecule has 7 nitrogen and oxygen atoms in total. The van der Waals surface area contributed by atoms with Crippen LogP contribution in [-0.2, 0) is 0 Å². The molecule has 0 saturated carbocycles. The van der Waals surface area contributed by atoms with Gasteiger partial charge in [0.2, 0.25) is 0 Å². The van der Waals surface area contributed by atoms with Crippen molar-refractivity contribution in [3.8, 4) is 6.07 Å². The number of nitro groups is 1. The van der Waals surface area contributed by atoms with Crippen LogP contribution in [0.3, 0.4) is 0 Å². The number of nitro benzene ring substituents is 1. The minimum atomic E-state index is -0.574. The highest BCUT2D eigenvalue weighted by Gasteiger charge is 2.13. The molecule has 0 bridgehead atoms. The standard InChI is InChI=1S/C12H16N4O3/c1-9(17)8-14-4-5-15-11-3-2-10(7-13)12(6-11)16(18)19/h2-3,6,9,14-15,17H,4-5,8H2,1H3. The Labute approximate surface area is 111 Å². The van der Waals surface area contributed by atoms with Crippen LogP contribution in [-0.4, -0.2) is 35.8 Å². The Hall–Kier alpha value is -2.17. The van der Waals surface area contributed by atoms with Crippen molar-refractivity contribution in [3.05, 3.63) is 33.9 Å². The summed E-state index contributed by atoms with van der Waals surface area (Å²) in [6.45, 7) is 3.37. The van der Waals surface area contributed by atoms with Gasteiger partial charge in [-0.25, -0.2) is 0 Å². The molecule has 1 aromatic rings. The Morgan fingerprint density at radius 1 is 1.53 bits per heavy atom. The number of aliphatic hydroxyl groups is 1. The number of anilines is 1. The molecule has 0 aliphatic rings. The summed E-state index contributed by atoms with van der Waals surface area (Å²) < 4.78 is 0. The number of nitrogens with one attached hydrogen (secondary N) is 2. The molecule has 0 aliphatic carbocycles. The van der Waals surface area contributed by atoms with Gasteiger partial charge in [0.05, 0.1) is 11.0 Å². The second-order valence-corrected chi connectivity index (χ2v) is 4.08. The van der Waals surface area contributed by atoms with Crippen molar-refractivity contribution in [2.45, 2.75) is 13.0 Å². The topological polar surface area (TPSA) is 111 Å². The van der Waals surface area contributed by atoms with Crippen LogP contribution in [0.5, 0.6) is 0 Å². The monoisotopic (exact) mass is 264 g/mol. The molecular formula is C12H16N4O3. The highest BCUT2D eigenvalue weighted by molar-refractivity contribution is 5.59. The molecule has 0 aromatic heterocycles. The first-order valence-corrected chi connectivity index (χ1v) is 5.85. The van der Waals surface area contributed by atoms with Crippen molar-refractivity contribution in [1.82, 2.24) is 5.32 Å². The highest BCUT2D eigenvalue weighted by atomic mass is 16.6. The summed E-state index contributed by atoms with van der Waals surface area (Å²) in [6, 6.07) is 6.17. The Morgan fingerprint density at radius 2 is 2.26 bits per heavy atom. The Morgan fingerprint density at radius 3 is 2.84 bits per heavy atom. The second-order valence-electron chi connectivity index (χ2n) is 4.08. The van der Waals surface area contributed by atoms with Crippen LogP contribution < -0.4 is 10.6 Å². The molecule has 102 valence electrons. The van der Waals surface area contributed by atoms with Gasteiger partial charge in [0.25, 0.3) is 5.69 Å². The fraction of sp³-hybridized carbons (Fsp3) is 0.417. The average molecular weight is 264 g/mol. The van der Waals surface area contributed by atoms with E-state index < -0.39 is 11.0 Å². The van der Waals surface area contributed by atoms with Gasteiger partial charge in [0.1, 0.15) is 11.6 Å². The summed E-state index contributed by atoms with van der Waals surface area (Å²) in [7, 11) is 0.